The standard InChI is InChI=1S/C24H26N4O2S/c1-16-7-5-9-18(13-16)22(23(29)25-19-10-3-4-11-19)28(20-12-6-8-17(2)14-20)24(30)21-15-31-27-26-21/h5-9,12-15,19,22H,3-4,10-11H2,1-2H3,(H,25,29)/t22-/m0/s1. The first-order valence-corrected chi connectivity index (χ1v) is 11.4. The Morgan fingerprint density at radius 1 is 1.06 bits per heavy atom. The lowest BCUT2D eigenvalue weighted by Crippen LogP contribution is -2.46. The molecule has 1 heterocycles. The molecule has 0 saturated heterocycles. The minimum atomic E-state index is -0.809. The molecule has 7 heteroatoms. The summed E-state index contributed by atoms with van der Waals surface area (Å²) in [5.41, 5.74) is 3.70. The van der Waals surface area contributed by atoms with Crippen molar-refractivity contribution < 1.29 is 9.59 Å². The van der Waals surface area contributed by atoms with E-state index in [1.54, 1.807) is 10.3 Å². The van der Waals surface area contributed by atoms with Gasteiger partial charge in [-0.15, -0.1) is 5.10 Å². The first-order chi connectivity index (χ1) is 15.0. The highest BCUT2D eigenvalue weighted by molar-refractivity contribution is 7.03. The number of carbonyl (C=O) groups excluding carboxylic acids is 2. The Hall–Kier alpha value is -3.06. The van der Waals surface area contributed by atoms with E-state index in [1.807, 2.05) is 62.4 Å². The predicted molar refractivity (Wildman–Crippen MR) is 122 cm³/mol. The zero-order chi connectivity index (χ0) is 21.8. The minimum absolute atomic E-state index is 0.148. The van der Waals surface area contributed by atoms with Gasteiger partial charge < -0.3 is 5.32 Å². The van der Waals surface area contributed by atoms with Crippen molar-refractivity contribution in [1.29, 1.82) is 0 Å². The van der Waals surface area contributed by atoms with E-state index in [-0.39, 0.29) is 23.6 Å². The second-order valence-corrected chi connectivity index (χ2v) is 8.72. The van der Waals surface area contributed by atoms with E-state index in [4.69, 9.17) is 0 Å². The highest BCUT2D eigenvalue weighted by Gasteiger charge is 2.35. The number of amides is 2. The van der Waals surface area contributed by atoms with Crippen LogP contribution in [0.15, 0.2) is 53.9 Å². The van der Waals surface area contributed by atoms with Crippen molar-refractivity contribution in [2.45, 2.75) is 51.6 Å². The number of anilines is 1. The third-order valence-corrected chi connectivity index (χ3v) is 6.15. The zero-order valence-corrected chi connectivity index (χ0v) is 18.6. The number of carbonyl (C=O) groups is 2. The molecular weight excluding hydrogens is 408 g/mol. The third kappa shape index (κ3) is 4.82. The predicted octanol–water partition coefficient (Wildman–Crippen LogP) is 4.60. The van der Waals surface area contributed by atoms with Crippen LogP contribution in [0.2, 0.25) is 0 Å². The second kappa shape index (κ2) is 9.39. The number of nitrogens with zero attached hydrogens (tertiary/aromatic N) is 3. The molecule has 2 amide bonds. The first-order valence-electron chi connectivity index (χ1n) is 10.6. The molecule has 1 aliphatic carbocycles. The van der Waals surface area contributed by atoms with Crippen LogP contribution in [-0.4, -0.2) is 27.4 Å². The maximum Gasteiger partial charge on any atom is 0.280 e. The van der Waals surface area contributed by atoms with Crippen LogP contribution in [0.3, 0.4) is 0 Å². The van der Waals surface area contributed by atoms with Crippen molar-refractivity contribution in [3.05, 3.63) is 76.3 Å². The van der Waals surface area contributed by atoms with Gasteiger partial charge in [-0.2, -0.15) is 0 Å². The van der Waals surface area contributed by atoms with Gasteiger partial charge >= 0.3 is 0 Å². The van der Waals surface area contributed by atoms with Crippen molar-refractivity contribution in [2.75, 3.05) is 4.90 Å². The zero-order valence-electron chi connectivity index (χ0n) is 17.7. The molecule has 1 aliphatic rings. The molecule has 0 bridgehead atoms. The number of aryl methyl sites for hydroxylation is 2. The Morgan fingerprint density at radius 3 is 2.42 bits per heavy atom. The highest BCUT2D eigenvalue weighted by atomic mass is 32.1. The summed E-state index contributed by atoms with van der Waals surface area (Å²) in [6.07, 6.45) is 4.18. The molecule has 1 aromatic heterocycles. The van der Waals surface area contributed by atoms with Crippen LogP contribution in [-0.2, 0) is 4.79 Å². The Morgan fingerprint density at radius 2 is 1.77 bits per heavy atom. The molecule has 0 unspecified atom stereocenters. The van der Waals surface area contributed by atoms with Crippen LogP contribution in [0.5, 0.6) is 0 Å². The van der Waals surface area contributed by atoms with E-state index < -0.39 is 6.04 Å². The molecule has 160 valence electrons. The Bertz CT molecular complexity index is 1060. The minimum Gasteiger partial charge on any atom is -0.351 e. The Balaban J connectivity index is 1.82. The molecule has 1 atom stereocenters. The number of benzene rings is 2. The summed E-state index contributed by atoms with van der Waals surface area (Å²) in [4.78, 5) is 28.8. The molecule has 1 N–H and O–H groups in total. The molecule has 31 heavy (non-hydrogen) atoms. The SMILES string of the molecule is Cc1cccc([C@@H](C(=O)NC2CCCC2)N(C(=O)c2csnn2)c2cccc(C)c2)c1. The number of hydrogen-bond acceptors (Lipinski definition) is 5. The average Bonchev–Trinajstić information content (AvgIpc) is 3.45. The van der Waals surface area contributed by atoms with Crippen molar-refractivity contribution in [3.8, 4) is 0 Å². The lowest BCUT2D eigenvalue weighted by molar-refractivity contribution is -0.123. The van der Waals surface area contributed by atoms with Crippen molar-refractivity contribution in [3.63, 3.8) is 0 Å². The van der Waals surface area contributed by atoms with Gasteiger partial charge in [0.25, 0.3) is 5.91 Å². The molecule has 0 radical (unpaired) electrons. The van der Waals surface area contributed by atoms with Crippen LogP contribution in [0.25, 0.3) is 0 Å². The summed E-state index contributed by atoms with van der Waals surface area (Å²) in [7, 11) is 0. The smallest absolute Gasteiger partial charge is 0.280 e. The van der Waals surface area contributed by atoms with Gasteiger partial charge in [0, 0.05) is 17.1 Å². The average molecular weight is 435 g/mol. The Labute approximate surface area is 186 Å². The van der Waals surface area contributed by atoms with Crippen LogP contribution >= 0.6 is 11.5 Å². The second-order valence-electron chi connectivity index (χ2n) is 8.11. The number of nitrogens with one attached hydrogen (secondary N) is 1. The summed E-state index contributed by atoms with van der Waals surface area (Å²) < 4.78 is 3.85. The van der Waals surface area contributed by atoms with Gasteiger partial charge in [0.2, 0.25) is 5.91 Å². The van der Waals surface area contributed by atoms with E-state index in [0.29, 0.717) is 5.69 Å². The molecule has 1 fully saturated rings. The summed E-state index contributed by atoms with van der Waals surface area (Å²) in [5.74, 6) is -0.511. The lowest BCUT2D eigenvalue weighted by Gasteiger charge is -2.32. The third-order valence-electron chi connectivity index (χ3n) is 5.64. The maximum absolute atomic E-state index is 13.6. The van der Waals surface area contributed by atoms with E-state index in [0.717, 1.165) is 53.9 Å². The van der Waals surface area contributed by atoms with Crippen molar-refractivity contribution in [2.24, 2.45) is 0 Å². The molecule has 1 saturated carbocycles. The summed E-state index contributed by atoms with van der Waals surface area (Å²) in [5, 5.41) is 8.80. The summed E-state index contributed by atoms with van der Waals surface area (Å²) in [6.45, 7) is 3.95. The normalized spacial score (nSPS) is 14.9. The molecule has 0 aliphatic heterocycles. The summed E-state index contributed by atoms with van der Waals surface area (Å²) in [6, 6.07) is 14.8. The van der Waals surface area contributed by atoms with Crippen LogP contribution in [0, 0.1) is 13.8 Å². The fraction of sp³-hybridized carbons (Fsp3) is 0.333. The van der Waals surface area contributed by atoms with Gasteiger partial charge in [0.15, 0.2) is 5.69 Å². The monoisotopic (exact) mass is 434 g/mol. The molecule has 3 aromatic rings. The quantitative estimate of drug-likeness (QED) is 0.615. The van der Waals surface area contributed by atoms with Gasteiger partial charge in [-0.1, -0.05) is 59.3 Å². The van der Waals surface area contributed by atoms with Gasteiger partial charge in [-0.05, 0) is 61.5 Å². The molecule has 6 nitrogen and oxygen atoms in total. The highest BCUT2D eigenvalue weighted by Crippen LogP contribution is 2.31. The topological polar surface area (TPSA) is 75.2 Å². The van der Waals surface area contributed by atoms with E-state index in [9.17, 15) is 9.59 Å². The number of aromatic nitrogens is 2. The van der Waals surface area contributed by atoms with Gasteiger partial charge in [0.1, 0.15) is 6.04 Å². The molecular formula is C24H26N4O2S. The lowest BCUT2D eigenvalue weighted by atomic mass is 10.00. The first kappa shape index (κ1) is 21.2. The van der Waals surface area contributed by atoms with E-state index in [2.05, 4.69) is 14.9 Å². The number of hydrogen-bond donors (Lipinski definition) is 1. The molecule has 2 aromatic carbocycles. The largest absolute Gasteiger partial charge is 0.351 e. The van der Waals surface area contributed by atoms with Crippen LogP contribution in [0.1, 0.15) is 58.9 Å². The molecule has 0 spiro atoms. The van der Waals surface area contributed by atoms with Crippen molar-refractivity contribution in [1.82, 2.24) is 14.9 Å². The van der Waals surface area contributed by atoms with E-state index in [1.165, 1.54) is 0 Å². The van der Waals surface area contributed by atoms with Crippen LogP contribution < -0.4 is 10.2 Å². The van der Waals surface area contributed by atoms with Gasteiger partial charge in [0.05, 0.1) is 0 Å². The van der Waals surface area contributed by atoms with Gasteiger partial charge in [-0.3, -0.25) is 14.5 Å². The van der Waals surface area contributed by atoms with Crippen molar-refractivity contribution >= 4 is 29.0 Å². The summed E-state index contributed by atoms with van der Waals surface area (Å²) >= 11 is 1.12. The Kier molecular flexibility index (Phi) is 6.42. The van der Waals surface area contributed by atoms with E-state index >= 15 is 0 Å². The fourth-order valence-corrected chi connectivity index (χ4v) is 4.58. The fourth-order valence-electron chi connectivity index (χ4n) is 4.15. The number of rotatable bonds is 6. The maximum atomic E-state index is 13.6. The van der Waals surface area contributed by atoms with Crippen LogP contribution in [0.4, 0.5) is 5.69 Å². The van der Waals surface area contributed by atoms with Gasteiger partial charge in [-0.25, -0.2) is 0 Å². The molecule has 4 rings (SSSR count).